The summed E-state index contributed by atoms with van der Waals surface area (Å²) in [7, 11) is 1.39. The number of rotatable bonds is 5. The van der Waals surface area contributed by atoms with Crippen LogP contribution in [-0.2, 0) is 14.3 Å². The number of carbonyl (C=O) groups is 1. The lowest BCUT2D eigenvalue weighted by atomic mass is 9.95. The fourth-order valence-corrected chi connectivity index (χ4v) is 4.46. The van der Waals surface area contributed by atoms with Crippen LogP contribution in [0, 0.1) is 5.92 Å². The van der Waals surface area contributed by atoms with Gasteiger partial charge in [-0.25, -0.2) is 0 Å². The molecular weight excluding hydrogens is 409 g/mol. The first-order valence-corrected chi connectivity index (χ1v) is 10.6. The smallest absolute Gasteiger partial charge is 0.416 e. The van der Waals surface area contributed by atoms with Gasteiger partial charge in [0.1, 0.15) is 11.9 Å². The van der Waals surface area contributed by atoms with Gasteiger partial charge >= 0.3 is 12.1 Å². The molecule has 3 aliphatic rings. The Bertz CT molecular complexity index is 890. The van der Waals surface area contributed by atoms with E-state index in [1.165, 1.54) is 13.2 Å². The summed E-state index contributed by atoms with van der Waals surface area (Å²) in [5.41, 5.74) is 1.30. The number of morpholine rings is 1. The summed E-state index contributed by atoms with van der Waals surface area (Å²) >= 11 is 0. The number of hydrogen-bond acceptors (Lipinski definition) is 5. The topological polar surface area (TPSA) is 42.0 Å². The molecule has 0 bridgehead atoms. The summed E-state index contributed by atoms with van der Waals surface area (Å²) in [6, 6.07) is 7.70. The van der Waals surface area contributed by atoms with E-state index >= 15 is 0 Å². The highest BCUT2D eigenvalue weighted by Gasteiger charge is 2.40. The van der Waals surface area contributed by atoms with Crippen molar-refractivity contribution in [3.05, 3.63) is 47.7 Å². The van der Waals surface area contributed by atoms with E-state index in [1.807, 2.05) is 31.2 Å². The molecule has 0 radical (unpaired) electrons. The number of benzene rings is 1. The zero-order chi connectivity index (χ0) is 22.2. The Morgan fingerprint density at radius 3 is 2.65 bits per heavy atom. The summed E-state index contributed by atoms with van der Waals surface area (Å²) < 4.78 is 50.5. The molecule has 5 nitrogen and oxygen atoms in total. The number of ether oxygens (including phenoxy) is 2. The van der Waals surface area contributed by atoms with Crippen LogP contribution >= 0.6 is 0 Å². The molecule has 31 heavy (non-hydrogen) atoms. The van der Waals surface area contributed by atoms with Gasteiger partial charge in [0.25, 0.3) is 0 Å². The predicted octanol–water partition coefficient (Wildman–Crippen LogP) is 4.45. The molecule has 0 aromatic heterocycles. The highest BCUT2D eigenvalue weighted by Crippen LogP contribution is 2.39. The molecule has 2 unspecified atom stereocenters. The molecule has 2 saturated heterocycles. The van der Waals surface area contributed by atoms with Crippen LogP contribution in [0.15, 0.2) is 47.7 Å². The summed E-state index contributed by atoms with van der Waals surface area (Å²) in [6.07, 6.45) is -0.209. The predicted molar refractivity (Wildman–Crippen MR) is 112 cm³/mol. The van der Waals surface area contributed by atoms with Gasteiger partial charge in [-0.3, -0.25) is 4.79 Å². The van der Waals surface area contributed by atoms with E-state index in [1.54, 1.807) is 0 Å². The molecule has 8 heteroatoms. The molecule has 2 fully saturated rings. The Labute approximate surface area is 180 Å². The van der Waals surface area contributed by atoms with Crippen molar-refractivity contribution in [1.82, 2.24) is 0 Å². The Balaban J connectivity index is 1.56. The number of halogens is 3. The second kappa shape index (κ2) is 8.48. The molecule has 2 heterocycles. The van der Waals surface area contributed by atoms with E-state index in [4.69, 9.17) is 9.47 Å². The van der Waals surface area contributed by atoms with Crippen LogP contribution in [-0.4, -0.2) is 51.0 Å². The molecule has 2 aliphatic heterocycles. The molecule has 4 rings (SSSR count). The summed E-state index contributed by atoms with van der Waals surface area (Å²) in [6.45, 7) is 3.87. The number of fused-ring (bicyclic) bond motifs is 1. The largest absolute Gasteiger partial charge is 0.491 e. The van der Waals surface area contributed by atoms with Gasteiger partial charge in [0.15, 0.2) is 0 Å². The molecular formula is C23H27F3N2O3. The van der Waals surface area contributed by atoms with Gasteiger partial charge in [0.2, 0.25) is 0 Å². The molecule has 1 aromatic carbocycles. The van der Waals surface area contributed by atoms with Crippen LogP contribution in [0.1, 0.15) is 26.2 Å². The average Bonchev–Trinajstić information content (AvgIpc) is 2.71. The molecule has 2 atom stereocenters. The zero-order valence-electron chi connectivity index (χ0n) is 17.7. The van der Waals surface area contributed by atoms with Crippen LogP contribution < -0.4 is 9.80 Å². The van der Waals surface area contributed by atoms with Crippen LogP contribution in [0.25, 0.3) is 0 Å². The molecule has 0 amide bonds. The first kappa shape index (κ1) is 21.6. The first-order chi connectivity index (χ1) is 14.8. The molecule has 168 valence electrons. The molecule has 0 N–H and O–H groups in total. The summed E-state index contributed by atoms with van der Waals surface area (Å²) in [5, 5.41) is 0. The maximum absolute atomic E-state index is 13.2. The number of alkyl halides is 3. The first-order valence-electron chi connectivity index (χ1n) is 10.6. The van der Waals surface area contributed by atoms with Crippen LogP contribution in [0.4, 0.5) is 24.5 Å². The summed E-state index contributed by atoms with van der Waals surface area (Å²) in [4.78, 5) is 15.9. The van der Waals surface area contributed by atoms with Crippen molar-refractivity contribution >= 4 is 17.3 Å². The van der Waals surface area contributed by atoms with Crippen molar-refractivity contribution in [3.8, 4) is 0 Å². The number of esters is 1. The number of methoxy groups -OCH3 is 1. The highest BCUT2D eigenvalue weighted by atomic mass is 19.4. The quantitative estimate of drug-likeness (QED) is 0.639. The van der Waals surface area contributed by atoms with Gasteiger partial charge in [0, 0.05) is 24.5 Å². The van der Waals surface area contributed by atoms with Gasteiger partial charge < -0.3 is 19.3 Å². The summed E-state index contributed by atoms with van der Waals surface area (Å²) in [5.74, 6) is 0.0663. The minimum Gasteiger partial charge on any atom is -0.491 e. The number of hydrogen-bond donors (Lipinski definition) is 0. The third-order valence-electron chi connectivity index (χ3n) is 6.15. The highest BCUT2D eigenvalue weighted by molar-refractivity contribution is 5.77. The van der Waals surface area contributed by atoms with E-state index in [0.717, 1.165) is 30.3 Å². The Hall–Kier alpha value is -2.64. The normalized spacial score (nSPS) is 23.9. The van der Waals surface area contributed by atoms with Crippen molar-refractivity contribution in [1.29, 1.82) is 0 Å². The van der Waals surface area contributed by atoms with E-state index in [2.05, 4.69) is 9.80 Å². The van der Waals surface area contributed by atoms with Crippen molar-refractivity contribution < 1.29 is 27.4 Å². The standard InChI is InChI=1S/C23H27F3N2O3/c1-3-5-19-14-28(20-9-8-16(23(24,25)26)10-21(20)31-19)18-7-4-6-17(11-18)27-12-15(13-27)22(29)30-2/h4,6-8,10-11,15,19-20H,3,5,9,12-14H2,1-2H3. The van der Waals surface area contributed by atoms with Gasteiger partial charge in [0.05, 0.1) is 31.2 Å². The molecule has 0 spiro atoms. The molecule has 0 saturated carbocycles. The maximum atomic E-state index is 13.2. The fourth-order valence-electron chi connectivity index (χ4n) is 4.46. The Morgan fingerprint density at radius 1 is 1.23 bits per heavy atom. The lowest BCUT2D eigenvalue weighted by molar-refractivity contribution is -0.146. The molecule has 1 aliphatic carbocycles. The van der Waals surface area contributed by atoms with Gasteiger partial charge in [-0.1, -0.05) is 25.5 Å². The third kappa shape index (κ3) is 4.38. The fraction of sp³-hybridized carbons (Fsp3) is 0.522. The maximum Gasteiger partial charge on any atom is 0.416 e. The number of allylic oxidation sites excluding steroid dienone is 2. The second-order valence-electron chi connectivity index (χ2n) is 8.28. The minimum atomic E-state index is -4.38. The number of nitrogens with zero attached hydrogens (tertiary/aromatic N) is 2. The second-order valence-corrected chi connectivity index (χ2v) is 8.28. The van der Waals surface area contributed by atoms with Crippen LogP contribution in [0.5, 0.6) is 0 Å². The number of anilines is 2. The monoisotopic (exact) mass is 436 g/mol. The van der Waals surface area contributed by atoms with Gasteiger partial charge in [-0.05, 0) is 37.1 Å². The van der Waals surface area contributed by atoms with Crippen LogP contribution in [0.2, 0.25) is 0 Å². The number of carbonyl (C=O) groups excluding carboxylic acids is 1. The van der Waals surface area contributed by atoms with Crippen molar-refractivity contribution in [2.45, 2.75) is 44.5 Å². The van der Waals surface area contributed by atoms with E-state index in [-0.39, 0.29) is 30.5 Å². The minimum absolute atomic E-state index is 0.121. The lowest BCUT2D eigenvalue weighted by Gasteiger charge is -2.45. The lowest BCUT2D eigenvalue weighted by Crippen LogP contribution is -2.51. The van der Waals surface area contributed by atoms with E-state index in [0.29, 0.717) is 25.4 Å². The van der Waals surface area contributed by atoms with Crippen LogP contribution in [0.3, 0.4) is 0 Å². The Morgan fingerprint density at radius 2 is 1.97 bits per heavy atom. The van der Waals surface area contributed by atoms with Gasteiger partial charge in [-0.2, -0.15) is 13.2 Å². The van der Waals surface area contributed by atoms with Crippen molar-refractivity contribution in [2.24, 2.45) is 5.92 Å². The third-order valence-corrected chi connectivity index (χ3v) is 6.15. The van der Waals surface area contributed by atoms with E-state index < -0.39 is 11.7 Å². The van der Waals surface area contributed by atoms with Crippen molar-refractivity contribution in [2.75, 3.05) is 36.5 Å². The van der Waals surface area contributed by atoms with Gasteiger partial charge in [-0.15, -0.1) is 0 Å². The average molecular weight is 436 g/mol. The SMILES string of the molecule is CCCC1CN(c2cccc(N3CC(C(=O)OC)C3)c2)C2CC=C(C(F)(F)F)C=C2O1. The Kier molecular flexibility index (Phi) is 5.90. The van der Waals surface area contributed by atoms with E-state index in [9.17, 15) is 18.0 Å². The zero-order valence-corrected chi connectivity index (χ0v) is 17.7. The molecule has 1 aromatic rings. The van der Waals surface area contributed by atoms with Crippen molar-refractivity contribution in [3.63, 3.8) is 0 Å².